The molecule has 0 N–H and O–H groups in total. The predicted octanol–water partition coefficient (Wildman–Crippen LogP) is 4.42. The zero-order chi connectivity index (χ0) is 13.0. The molecule has 0 unspecified atom stereocenters. The van der Waals surface area contributed by atoms with Gasteiger partial charge in [-0.15, -0.1) is 0 Å². The van der Waals surface area contributed by atoms with E-state index in [9.17, 15) is 4.79 Å². The van der Waals surface area contributed by atoms with Crippen LogP contribution in [0.3, 0.4) is 0 Å². The molecule has 92 valence electrons. The number of halogens is 1. The largest absolute Gasteiger partial charge is 0.496 e. The van der Waals surface area contributed by atoms with Crippen LogP contribution in [-0.4, -0.2) is 12.9 Å². The number of carbonyl (C=O) groups is 1. The monoisotopic (exact) mass is 322 g/mol. The standard InChI is InChI=1S/C14H11BrO2S/c1-17-14-5-3-11(8-12(14)15)13(16)4-2-10-6-7-18-9-10/h2-9H,1H3. The lowest BCUT2D eigenvalue weighted by molar-refractivity contribution is 0.104. The van der Waals surface area contributed by atoms with E-state index < -0.39 is 0 Å². The second-order valence-corrected chi connectivity index (χ2v) is 5.24. The first kappa shape index (κ1) is 13.1. The number of benzene rings is 1. The molecule has 0 amide bonds. The second kappa shape index (κ2) is 5.98. The van der Waals surface area contributed by atoms with Crippen molar-refractivity contribution in [2.24, 2.45) is 0 Å². The van der Waals surface area contributed by atoms with E-state index in [0.29, 0.717) is 11.3 Å². The number of methoxy groups -OCH3 is 1. The normalized spacial score (nSPS) is 10.8. The minimum absolute atomic E-state index is 0.0236. The maximum atomic E-state index is 11.9. The molecule has 0 saturated heterocycles. The van der Waals surface area contributed by atoms with Crippen molar-refractivity contribution in [2.75, 3.05) is 7.11 Å². The molecule has 1 aromatic carbocycles. The van der Waals surface area contributed by atoms with E-state index in [1.807, 2.05) is 22.9 Å². The van der Waals surface area contributed by atoms with Gasteiger partial charge in [0.05, 0.1) is 11.6 Å². The summed E-state index contributed by atoms with van der Waals surface area (Å²) in [6.07, 6.45) is 3.40. The molecule has 2 rings (SSSR count). The van der Waals surface area contributed by atoms with Crippen LogP contribution in [0.5, 0.6) is 5.75 Å². The van der Waals surface area contributed by atoms with Crippen molar-refractivity contribution < 1.29 is 9.53 Å². The summed E-state index contributed by atoms with van der Waals surface area (Å²) in [4.78, 5) is 11.9. The number of ketones is 1. The second-order valence-electron chi connectivity index (χ2n) is 3.60. The van der Waals surface area contributed by atoms with Crippen LogP contribution in [-0.2, 0) is 0 Å². The molecule has 0 fully saturated rings. The van der Waals surface area contributed by atoms with Crippen LogP contribution in [0.15, 0.2) is 45.6 Å². The smallest absolute Gasteiger partial charge is 0.185 e. The number of thiophene rings is 1. The Hall–Kier alpha value is -1.39. The van der Waals surface area contributed by atoms with E-state index in [0.717, 1.165) is 10.0 Å². The molecule has 2 aromatic rings. The van der Waals surface area contributed by atoms with Gasteiger partial charge in [-0.05, 0) is 62.6 Å². The molecule has 1 heterocycles. The highest BCUT2D eigenvalue weighted by Crippen LogP contribution is 2.25. The minimum atomic E-state index is -0.0236. The maximum Gasteiger partial charge on any atom is 0.185 e. The van der Waals surface area contributed by atoms with E-state index in [1.54, 1.807) is 42.7 Å². The maximum absolute atomic E-state index is 11.9. The highest BCUT2D eigenvalue weighted by atomic mass is 79.9. The molecule has 18 heavy (non-hydrogen) atoms. The molecule has 2 nitrogen and oxygen atoms in total. The predicted molar refractivity (Wildman–Crippen MR) is 78.4 cm³/mol. The van der Waals surface area contributed by atoms with Gasteiger partial charge in [0, 0.05) is 5.56 Å². The quantitative estimate of drug-likeness (QED) is 0.615. The molecule has 4 heteroatoms. The van der Waals surface area contributed by atoms with Crippen molar-refractivity contribution in [3.05, 3.63) is 56.7 Å². The number of hydrogen-bond acceptors (Lipinski definition) is 3. The minimum Gasteiger partial charge on any atom is -0.496 e. The Morgan fingerprint density at radius 2 is 2.22 bits per heavy atom. The molecule has 0 bridgehead atoms. The van der Waals surface area contributed by atoms with E-state index in [4.69, 9.17) is 4.74 Å². The molecule has 0 aliphatic heterocycles. The summed E-state index contributed by atoms with van der Waals surface area (Å²) in [5.41, 5.74) is 1.68. The summed E-state index contributed by atoms with van der Waals surface area (Å²) in [6, 6.07) is 7.26. The van der Waals surface area contributed by atoms with Crippen molar-refractivity contribution in [2.45, 2.75) is 0 Å². The summed E-state index contributed by atoms with van der Waals surface area (Å²) >= 11 is 4.97. The van der Waals surface area contributed by atoms with E-state index in [-0.39, 0.29) is 5.78 Å². The van der Waals surface area contributed by atoms with Gasteiger partial charge in [0.1, 0.15) is 5.75 Å². The van der Waals surface area contributed by atoms with Gasteiger partial charge in [-0.1, -0.05) is 6.08 Å². The van der Waals surface area contributed by atoms with Gasteiger partial charge in [-0.25, -0.2) is 0 Å². The van der Waals surface area contributed by atoms with Crippen molar-refractivity contribution in [3.63, 3.8) is 0 Å². The fourth-order valence-corrected chi connectivity index (χ4v) is 2.63. The number of ether oxygens (including phenoxy) is 1. The summed E-state index contributed by atoms with van der Waals surface area (Å²) in [5.74, 6) is 0.693. The molecule has 0 aliphatic carbocycles. The average molecular weight is 323 g/mol. The fraction of sp³-hybridized carbons (Fsp3) is 0.0714. The Kier molecular flexibility index (Phi) is 4.33. The lowest BCUT2D eigenvalue weighted by Crippen LogP contribution is -1.95. The molecule has 1 aromatic heterocycles. The Labute approximate surface area is 118 Å². The van der Waals surface area contributed by atoms with Gasteiger partial charge in [0.25, 0.3) is 0 Å². The van der Waals surface area contributed by atoms with Gasteiger partial charge in [0.2, 0.25) is 0 Å². The first-order valence-electron chi connectivity index (χ1n) is 5.29. The molecular weight excluding hydrogens is 312 g/mol. The van der Waals surface area contributed by atoms with Crippen LogP contribution in [0.4, 0.5) is 0 Å². The molecule has 0 saturated carbocycles. The average Bonchev–Trinajstić information content (AvgIpc) is 2.89. The van der Waals surface area contributed by atoms with Crippen molar-refractivity contribution in [1.82, 2.24) is 0 Å². The summed E-state index contributed by atoms with van der Waals surface area (Å²) in [5, 5.41) is 3.97. The van der Waals surface area contributed by atoms with Crippen LogP contribution in [0.2, 0.25) is 0 Å². The van der Waals surface area contributed by atoms with Gasteiger partial charge >= 0.3 is 0 Å². The van der Waals surface area contributed by atoms with Gasteiger partial charge in [-0.3, -0.25) is 4.79 Å². The Morgan fingerprint density at radius 1 is 1.39 bits per heavy atom. The van der Waals surface area contributed by atoms with Crippen LogP contribution in [0, 0.1) is 0 Å². The van der Waals surface area contributed by atoms with Crippen molar-refractivity contribution in [1.29, 1.82) is 0 Å². The van der Waals surface area contributed by atoms with Crippen LogP contribution < -0.4 is 4.74 Å². The molecule has 0 aliphatic rings. The fourth-order valence-electron chi connectivity index (χ4n) is 1.46. The third-order valence-electron chi connectivity index (χ3n) is 2.41. The Morgan fingerprint density at radius 3 is 2.83 bits per heavy atom. The summed E-state index contributed by atoms with van der Waals surface area (Å²) < 4.78 is 5.90. The summed E-state index contributed by atoms with van der Waals surface area (Å²) in [7, 11) is 1.60. The lowest BCUT2D eigenvalue weighted by atomic mass is 10.1. The highest BCUT2D eigenvalue weighted by Gasteiger charge is 2.06. The third-order valence-corrected chi connectivity index (χ3v) is 3.73. The zero-order valence-electron chi connectivity index (χ0n) is 9.72. The van der Waals surface area contributed by atoms with Crippen LogP contribution in [0.1, 0.15) is 15.9 Å². The molecular formula is C14H11BrO2S. The Bertz CT molecular complexity index is 573. The zero-order valence-corrected chi connectivity index (χ0v) is 12.1. The van der Waals surface area contributed by atoms with Gasteiger partial charge in [0.15, 0.2) is 5.78 Å². The van der Waals surface area contributed by atoms with Gasteiger partial charge in [-0.2, -0.15) is 11.3 Å². The summed E-state index contributed by atoms with van der Waals surface area (Å²) in [6.45, 7) is 0. The first-order chi connectivity index (χ1) is 8.70. The number of carbonyl (C=O) groups excluding carboxylic acids is 1. The van der Waals surface area contributed by atoms with E-state index >= 15 is 0 Å². The molecule has 0 atom stereocenters. The molecule has 0 radical (unpaired) electrons. The SMILES string of the molecule is COc1ccc(C(=O)C=Cc2ccsc2)cc1Br. The first-order valence-corrected chi connectivity index (χ1v) is 7.02. The topological polar surface area (TPSA) is 26.3 Å². The molecule has 0 spiro atoms. The van der Waals surface area contributed by atoms with Crippen molar-refractivity contribution >= 4 is 39.1 Å². The van der Waals surface area contributed by atoms with E-state index in [2.05, 4.69) is 15.9 Å². The van der Waals surface area contributed by atoms with Gasteiger partial charge < -0.3 is 4.74 Å². The third kappa shape index (κ3) is 3.09. The Balaban J connectivity index is 2.16. The van der Waals surface area contributed by atoms with E-state index in [1.165, 1.54) is 0 Å². The van der Waals surface area contributed by atoms with Crippen molar-refractivity contribution in [3.8, 4) is 5.75 Å². The van der Waals surface area contributed by atoms with Crippen LogP contribution >= 0.6 is 27.3 Å². The lowest BCUT2D eigenvalue weighted by Gasteiger charge is -2.03. The van der Waals surface area contributed by atoms with Crippen LogP contribution in [0.25, 0.3) is 6.08 Å². The number of allylic oxidation sites excluding steroid dienone is 1. The number of rotatable bonds is 4. The highest BCUT2D eigenvalue weighted by molar-refractivity contribution is 9.10. The number of hydrogen-bond donors (Lipinski definition) is 0.